The predicted octanol–water partition coefficient (Wildman–Crippen LogP) is 4.99. The van der Waals surface area contributed by atoms with Gasteiger partial charge in [0.2, 0.25) is 0 Å². The molecule has 0 aromatic rings. The van der Waals surface area contributed by atoms with Crippen molar-refractivity contribution in [2.45, 2.75) is 64.4 Å². The first-order valence-electron chi connectivity index (χ1n) is 5.47. The summed E-state index contributed by atoms with van der Waals surface area (Å²) in [6, 6.07) is 0. The number of rotatable bonds is 7. The number of hydrogen-bond acceptors (Lipinski definition) is 2. The van der Waals surface area contributed by atoms with E-state index in [2.05, 4.69) is 45.4 Å². The molecule has 0 aromatic carbocycles. The summed E-state index contributed by atoms with van der Waals surface area (Å²) >= 11 is 0. The van der Waals surface area contributed by atoms with Gasteiger partial charge in [-0.3, -0.25) is 0 Å². The van der Waals surface area contributed by atoms with Crippen LogP contribution in [0.5, 0.6) is 0 Å². The van der Waals surface area contributed by atoms with E-state index in [1.165, 1.54) is 19.3 Å². The summed E-state index contributed by atoms with van der Waals surface area (Å²) in [4.78, 5) is 0. The normalized spacial score (nSPS) is 14.1. The van der Waals surface area contributed by atoms with Crippen molar-refractivity contribution < 1.29 is 0 Å². The molecule has 80 valence electrons. The van der Waals surface area contributed by atoms with Gasteiger partial charge >= 0.3 is 0 Å². The van der Waals surface area contributed by atoms with E-state index in [4.69, 9.17) is 0 Å². The van der Waals surface area contributed by atoms with Crippen LogP contribution in [0.3, 0.4) is 0 Å². The average Bonchev–Trinajstić information content (AvgIpc) is 2.11. The quantitative estimate of drug-likeness (QED) is 0.554. The second-order valence-corrected chi connectivity index (χ2v) is 6.85. The molecule has 0 aliphatic heterocycles. The Morgan fingerprint density at radius 1 is 0.846 bits per heavy atom. The van der Waals surface area contributed by atoms with Crippen LogP contribution >= 0.6 is 21.6 Å². The molecule has 0 saturated heterocycles. The van der Waals surface area contributed by atoms with Gasteiger partial charge < -0.3 is 0 Å². The summed E-state index contributed by atoms with van der Waals surface area (Å²) in [6.07, 6.45) is 3.98. The van der Waals surface area contributed by atoms with Gasteiger partial charge in [-0.2, -0.15) is 0 Å². The SMILES string of the molecule is CCC(CC)[C@@H](CC)SSC(C)C. The van der Waals surface area contributed by atoms with Crippen LogP contribution in [-0.2, 0) is 0 Å². The molecule has 0 spiro atoms. The molecule has 0 amide bonds. The molecule has 0 nitrogen and oxygen atoms in total. The third-order valence-corrected chi connectivity index (χ3v) is 6.04. The molecule has 0 rings (SSSR count). The summed E-state index contributed by atoms with van der Waals surface area (Å²) < 4.78 is 0. The van der Waals surface area contributed by atoms with E-state index in [0.717, 1.165) is 16.4 Å². The molecular formula is C11H24S2. The Kier molecular flexibility index (Phi) is 8.48. The minimum atomic E-state index is 0.758. The fourth-order valence-electron chi connectivity index (χ4n) is 1.48. The van der Waals surface area contributed by atoms with Gasteiger partial charge in [0, 0.05) is 10.5 Å². The van der Waals surface area contributed by atoms with Gasteiger partial charge in [0.05, 0.1) is 0 Å². The molecular weight excluding hydrogens is 196 g/mol. The highest BCUT2D eigenvalue weighted by molar-refractivity contribution is 8.77. The molecule has 0 bridgehead atoms. The van der Waals surface area contributed by atoms with Crippen molar-refractivity contribution in [2.75, 3.05) is 0 Å². The molecule has 0 N–H and O–H groups in total. The molecule has 0 aromatic heterocycles. The fraction of sp³-hybridized carbons (Fsp3) is 1.00. The maximum atomic E-state index is 2.32. The lowest BCUT2D eigenvalue weighted by molar-refractivity contribution is 0.465. The Hall–Kier alpha value is 0.700. The molecule has 0 fully saturated rings. The molecule has 1 atom stereocenters. The van der Waals surface area contributed by atoms with Crippen molar-refractivity contribution in [3.63, 3.8) is 0 Å². The molecule has 0 aliphatic carbocycles. The second kappa shape index (κ2) is 8.05. The Labute approximate surface area is 92.0 Å². The van der Waals surface area contributed by atoms with E-state index < -0.39 is 0 Å². The Morgan fingerprint density at radius 2 is 1.38 bits per heavy atom. The van der Waals surface area contributed by atoms with E-state index in [1.54, 1.807) is 0 Å². The Balaban J connectivity index is 3.85. The topological polar surface area (TPSA) is 0 Å². The van der Waals surface area contributed by atoms with Crippen LogP contribution in [0.2, 0.25) is 0 Å². The summed E-state index contributed by atoms with van der Waals surface area (Å²) in [5.41, 5.74) is 0. The van der Waals surface area contributed by atoms with Crippen LogP contribution < -0.4 is 0 Å². The molecule has 0 heterocycles. The maximum absolute atomic E-state index is 2.32. The van der Waals surface area contributed by atoms with Crippen molar-refractivity contribution in [1.82, 2.24) is 0 Å². The molecule has 2 heteroatoms. The van der Waals surface area contributed by atoms with Crippen LogP contribution in [0, 0.1) is 5.92 Å². The van der Waals surface area contributed by atoms with Crippen LogP contribution in [0.15, 0.2) is 0 Å². The van der Waals surface area contributed by atoms with Gasteiger partial charge in [0.25, 0.3) is 0 Å². The lowest BCUT2D eigenvalue weighted by Crippen LogP contribution is -2.14. The Bertz CT molecular complexity index is 109. The lowest BCUT2D eigenvalue weighted by atomic mass is 9.97. The van der Waals surface area contributed by atoms with Gasteiger partial charge in [0.1, 0.15) is 0 Å². The minimum absolute atomic E-state index is 0.758. The minimum Gasteiger partial charge on any atom is -0.0910 e. The van der Waals surface area contributed by atoms with Crippen LogP contribution in [0.1, 0.15) is 53.9 Å². The van der Waals surface area contributed by atoms with Crippen LogP contribution in [0.25, 0.3) is 0 Å². The third kappa shape index (κ3) is 5.90. The molecule has 0 unspecified atom stereocenters. The first-order chi connectivity index (χ1) is 6.15. The molecule has 0 aliphatic rings. The summed E-state index contributed by atoms with van der Waals surface area (Å²) in [5.74, 6) is 0.918. The molecule has 0 radical (unpaired) electrons. The van der Waals surface area contributed by atoms with Gasteiger partial charge in [-0.05, 0) is 12.3 Å². The van der Waals surface area contributed by atoms with Crippen molar-refractivity contribution in [1.29, 1.82) is 0 Å². The first-order valence-corrected chi connectivity index (χ1v) is 7.75. The van der Waals surface area contributed by atoms with Crippen molar-refractivity contribution >= 4 is 21.6 Å². The highest BCUT2D eigenvalue weighted by Crippen LogP contribution is 2.38. The summed E-state index contributed by atoms with van der Waals surface area (Å²) in [7, 11) is 4.14. The highest BCUT2D eigenvalue weighted by atomic mass is 33.1. The maximum Gasteiger partial charge on any atom is 0.0177 e. The zero-order valence-corrected chi connectivity index (χ0v) is 11.3. The van der Waals surface area contributed by atoms with Crippen molar-refractivity contribution in [2.24, 2.45) is 5.92 Å². The van der Waals surface area contributed by atoms with Gasteiger partial charge in [-0.25, -0.2) is 0 Å². The smallest absolute Gasteiger partial charge is 0.0177 e. The van der Waals surface area contributed by atoms with Gasteiger partial charge in [0.15, 0.2) is 0 Å². The molecule has 0 saturated carbocycles. The predicted molar refractivity (Wildman–Crippen MR) is 68.5 cm³/mol. The average molecular weight is 220 g/mol. The molecule has 13 heavy (non-hydrogen) atoms. The van der Waals surface area contributed by atoms with Gasteiger partial charge in [-0.15, -0.1) is 0 Å². The standard InChI is InChI=1S/C11H24S2/c1-6-10(7-2)11(8-3)13-12-9(4)5/h9-11H,6-8H2,1-5H3/t11-/m1/s1. The van der Waals surface area contributed by atoms with E-state index >= 15 is 0 Å². The van der Waals surface area contributed by atoms with Crippen molar-refractivity contribution in [3.05, 3.63) is 0 Å². The Morgan fingerprint density at radius 3 is 1.69 bits per heavy atom. The second-order valence-electron chi connectivity index (χ2n) is 3.76. The monoisotopic (exact) mass is 220 g/mol. The third-order valence-electron chi connectivity index (χ3n) is 2.35. The van der Waals surface area contributed by atoms with Crippen LogP contribution in [0.4, 0.5) is 0 Å². The van der Waals surface area contributed by atoms with Gasteiger partial charge in [-0.1, -0.05) is 69.0 Å². The van der Waals surface area contributed by atoms with E-state index in [-0.39, 0.29) is 0 Å². The zero-order chi connectivity index (χ0) is 10.3. The van der Waals surface area contributed by atoms with E-state index in [0.29, 0.717) is 0 Å². The lowest BCUT2D eigenvalue weighted by Gasteiger charge is -2.23. The van der Waals surface area contributed by atoms with Crippen molar-refractivity contribution in [3.8, 4) is 0 Å². The highest BCUT2D eigenvalue weighted by Gasteiger charge is 2.17. The van der Waals surface area contributed by atoms with E-state index in [9.17, 15) is 0 Å². The zero-order valence-electron chi connectivity index (χ0n) is 9.67. The van der Waals surface area contributed by atoms with Crippen LogP contribution in [-0.4, -0.2) is 10.5 Å². The van der Waals surface area contributed by atoms with E-state index in [1.807, 2.05) is 10.8 Å². The largest absolute Gasteiger partial charge is 0.0910 e. The first kappa shape index (κ1) is 13.7. The number of hydrogen-bond donors (Lipinski definition) is 0. The summed E-state index contributed by atoms with van der Waals surface area (Å²) in [5, 5.41) is 1.62. The fourth-order valence-corrected chi connectivity index (χ4v) is 4.49. The summed E-state index contributed by atoms with van der Waals surface area (Å²) in [6.45, 7) is 11.5.